The zero-order chi connectivity index (χ0) is 15.1. The molecule has 0 radical (unpaired) electrons. The molecule has 1 aromatic carbocycles. The highest BCUT2D eigenvalue weighted by Gasteiger charge is 2.19. The van der Waals surface area contributed by atoms with Gasteiger partial charge >= 0.3 is 11.9 Å². The minimum absolute atomic E-state index is 0.0686. The smallest absolute Gasteiger partial charge is 0.341 e. The van der Waals surface area contributed by atoms with Gasteiger partial charge < -0.3 is 14.5 Å². The van der Waals surface area contributed by atoms with Gasteiger partial charge in [-0.1, -0.05) is 18.2 Å². The summed E-state index contributed by atoms with van der Waals surface area (Å²) in [7, 11) is 0. The minimum Gasteiger partial charge on any atom is -0.459 e. The largest absolute Gasteiger partial charge is 0.459 e. The first kappa shape index (κ1) is 14.3. The van der Waals surface area contributed by atoms with Crippen molar-refractivity contribution in [2.75, 3.05) is 11.6 Å². The molecule has 7 heteroatoms. The van der Waals surface area contributed by atoms with Gasteiger partial charge in [-0.2, -0.15) is 0 Å². The number of furan rings is 1. The van der Waals surface area contributed by atoms with Crippen LogP contribution in [0.1, 0.15) is 10.6 Å². The number of para-hydroxylation sites is 1. The van der Waals surface area contributed by atoms with Crippen LogP contribution in [-0.4, -0.2) is 24.8 Å². The second kappa shape index (κ2) is 6.90. The number of anilines is 1. The molecule has 0 bridgehead atoms. The number of nitrogens with one attached hydrogen (secondary N) is 2. The number of amides is 3. The first-order chi connectivity index (χ1) is 10.2. The molecule has 21 heavy (non-hydrogen) atoms. The zero-order valence-electron chi connectivity index (χ0n) is 11.0. The van der Waals surface area contributed by atoms with Crippen LogP contribution in [0.15, 0.2) is 53.1 Å². The van der Waals surface area contributed by atoms with Crippen molar-refractivity contribution in [3.05, 3.63) is 54.5 Å². The maximum absolute atomic E-state index is 12.0. The van der Waals surface area contributed by atoms with Crippen molar-refractivity contribution < 1.29 is 18.8 Å². The van der Waals surface area contributed by atoms with Gasteiger partial charge in [-0.05, 0) is 24.3 Å². The predicted octanol–water partition coefficient (Wildman–Crippen LogP) is 1.34. The SMILES string of the molecule is O=CCNC(=O)N(NC(=O)c1ccco1)c1ccccc1. The molecule has 2 N–H and O–H groups in total. The summed E-state index contributed by atoms with van der Waals surface area (Å²) in [6.07, 6.45) is 1.91. The summed E-state index contributed by atoms with van der Waals surface area (Å²) in [6.45, 7) is -0.154. The third kappa shape index (κ3) is 3.69. The van der Waals surface area contributed by atoms with Crippen LogP contribution >= 0.6 is 0 Å². The highest BCUT2D eigenvalue weighted by atomic mass is 16.3. The molecule has 2 rings (SSSR count). The van der Waals surface area contributed by atoms with Crippen LogP contribution in [0.25, 0.3) is 0 Å². The maximum atomic E-state index is 12.0. The monoisotopic (exact) mass is 287 g/mol. The summed E-state index contributed by atoms with van der Waals surface area (Å²) in [5, 5.41) is 3.36. The van der Waals surface area contributed by atoms with E-state index in [0.29, 0.717) is 12.0 Å². The topological polar surface area (TPSA) is 91.7 Å². The second-order valence-corrected chi connectivity index (χ2v) is 3.94. The van der Waals surface area contributed by atoms with E-state index in [9.17, 15) is 14.4 Å². The molecule has 0 spiro atoms. The lowest BCUT2D eigenvalue weighted by Crippen LogP contribution is -2.51. The number of nitrogens with zero attached hydrogens (tertiary/aromatic N) is 1. The van der Waals surface area contributed by atoms with Gasteiger partial charge in [0.25, 0.3) is 0 Å². The van der Waals surface area contributed by atoms with E-state index in [4.69, 9.17) is 4.42 Å². The number of carbonyl (C=O) groups excluding carboxylic acids is 3. The first-order valence-corrected chi connectivity index (χ1v) is 6.13. The molecule has 0 aliphatic rings. The molecule has 0 unspecified atom stereocenters. The predicted molar refractivity (Wildman–Crippen MR) is 74.6 cm³/mol. The third-order valence-electron chi connectivity index (χ3n) is 2.51. The second-order valence-electron chi connectivity index (χ2n) is 3.94. The average Bonchev–Trinajstić information content (AvgIpc) is 3.05. The molecule has 1 aromatic heterocycles. The number of hydrogen-bond acceptors (Lipinski definition) is 4. The number of aldehydes is 1. The number of hydrogen-bond donors (Lipinski definition) is 2. The van der Waals surface area contributed by atoms with Crippen LogP contribution in [0.3, 0.4) is 0 Å². The molecule has 2 aromatic rings. The molecular formula is C14H13N3O4. The fraction of sp³-hybridized carbons (Fsp3) is 0.0714. The van der Waals surface area contributed by atoms with Crippen LogP contribution in [0.2, 0.25) is 0 Å². The molecular weight excluding hydrogens is 274 g/mol. The fourth-order valence-electron chi connectivity index (χ4n) is 1.58. The Morgan fingerprint density at radius 3 is 2.52 bits per heavy atom. The van der Waals surface area contributed by atoms with E-state index >= 15 is 0 Å². The Balaban J connectivity index is 2.17. The lowest BCUT2D eigenvalue weighted by Gasteiger charge is -2.22. The van der Waals surface area contributed by atoms with Crippen molar-refractivity contribution in [2.24, 2.45) is 0 Å². The van der Waals surface area contributed by atoms with Gasteiger partial charge in [0.1, 0.15) is 6.29 Å². The Morgan fingerprint density at radius 1 is 1.14 bits per heavy atom. The van der Waals surface area contributed by atoms with Crippen LogP contribution in [-0.2, 0) is 4.79 Å². The molecule has 0 atom stereocenters. The maximum Gasteiger partial charge on any atom is 0.341 e. The van der Waals surface area contributed by atoms with Gasteiger partial charge in [-0.3, -0.25) is 10.2 Å². The normalized spacial score (nSPS) is 9.71. The van der Waals surface area contributed by atoms with Gasteiger partial charge in [-0.25, -0.2) is 9.80 Å². The third-order valence-corrected chi connectivity index (χ3v) is 2.51. The van der Waals surface area contributed by atoms with Crippen molar-refractivity contribution in [3.63, 3.8) is 0 Å². The van der Waals surface area contributed by atoms with E-state index in [1.165, 1.54) is 12.3 Å². The van der Waals surface area contributed by atoms with E-state index in [1.54, 1.807) is 36.4 Å². The highest BCUT2D eigenvalue weighted by Crippen LogP contribution is 2.12. The van der Waals surface area contributed by atoms with Crippen molar-refractivity contribution in [2.45, 2.75) is 0 Å². The molecule has 0 aliphatic carbocycles. The van der Waals surface area contributed by atoms with Gasteiger partial charge in [0.15, 0.2) is 5.76 Å². The van der Waals surface area contributed by atoms with Gasteiger partial charge in [0, 0.05) is 0 Å². The summed E-state index contributed by atoms with van der Waals surface area (Å²) in [4.78, 5) is 34.3. The van der Waals surface area contributed by atoms with Crippen LogP contribution in [0, 0.1) is 0 Å². The summed E-state index contributed by atoms with van der Waals surface area (Å²) in [5.74, 6) is -0.510. The lowest BCUT2D eigenvalue weighted by molar-refractivity contribution is -0.107. The molecule has 0 fully saturated rings. The van der Waals surface area contributed by atoms with E-state index in [1.807, 2.05) is 0 Å². The van der Waals surface area contributed by atoms with Gasteiger partial charge in [-0.15, -0.1) is 0 Å². The van der Waals surface area contributed by atoms with E-state index in [-0.39, 0.29) is 12.3 Å². The Labute approximate surface area is 120 Å². The minimum atomic E-state index is -0.631. The Hall–Kier alpha value is -3.09. The number of carbonyl (C=O) groups is 3. The Morgan fingerprint density at radius 2 is 1.90 bits per heavy atom. The number of hydrazine groups is 1. The van der Waals surface area contributed by atoms with Crippen molar-refractivity contribution in [1.29, 1.82) is 0 Å². The lowest BCUT2D eigenvalue weighted by atomic mass is 10.3. The molecule has 7 nitrogen and oxygen atoms in total. The molecule has 0 saturated carbocycles. The number of rotatable bonds is 4. The van der Waals surface area contributed by atoms with Crippen molar-refractivity contribution >= 4 is 23.9 Å². The highest BCUT2D eigenvalue weighted by molar-refractivity contribution is 6.00. The summed E-state index contributed by atoms with van der Waals surface area (Å²) >= 11 is 0. The Bertz CT molecular complexity index is 610. The van der Waals surface area contributed by atoms with Crippen LogP contribution < -0.4 is 15.8 Å². The first-order valence-electron chi connectivity index (χ1n) is 6.13. The molecule has 0 aliphatic heterocycles. The number of urea groups is 1. The molecule has 0 saturated heterocycles. The molecule has 1 heterocycles. The standard InChI is InChI=1S/C14H13N3O4/c18-9-8-15-14(20)17(11-5-2-1-3-6-11)16-13(19)12-7-4-10-21-12/h1-7,9-10H,8H2,(H,15,20)(H,16,19). The summed E-state index contributed by atoms with van der Waals surface area (Å²) in [5.41, 5.74) is 2.86. The van der Waals surface area contributed by atoms with Gasteiger partial charge in [0.05, 0.1) is 18.5 Å². The van der Waals surface area contributed by atoms with E-state index < -0.39 is 11.9 Å². The average molecular weight is 287 g/mol. The fourth-order valence-corrected chi connectivity index (χ4v) is 1.58. The van der Waals surface area contributed by atoms with Crippen LogP contribution in [0.4, 0.5) is 10.5 Å². The van der Waals surface area contributed by atoms with Crippen molar-refractivity contribution in [3.8, 4) is 0 Å². The zero-order valence-corrected chi connectivity index (χ0v) is 11.0. The van der Waals surface area contributed by atoms with Crippen molar-refractivity contribution in [1.82, 2.24) is 10.7 Å². The van der Waals surface area contributed by atoms with E-state index in [2.05, 4.69) is 10.7 Å². The summed E-state index contributed by atoms with van der Waals surface area (Å²) in [6, 6.07) is 10.9. The number of benzene rings is 1. The Kier molecular flexibility index (Phi) is 4.70. The van der Waals surface area contributed by atoms with E-state index in [0.717, 1.165) is 5.01 Å². The quantitative estimate of drug-likeness (QED) is 0.655. The van der Waals surface area contributed by atoms with Gasteiger partial charge in [0.2, 0.25) is 0 Å². The summed E-state index contributed by atoms with van der Waals surface area (Å²) < 4.78 is 4.97. The molecule has 3 amide bonds. The van der Waals surface area contributed by atoms with Crippen LogP contribution in [0.5, 0.6) is 0 Å². The molecule has 108 valence electrons.